The zero-order valence-electron chi connectivity index (χ0n) is 10.1. The van der Waals surface area contributed by atoms with Gasteiger partial charge in [0.25, 0.3) is 0 Å². The molecule has 2 heteroatoms. The van der Waals surface area contributed by atoms with Crippen molar-refractivity contribution in [2.45, 2.75) is 52.4 Å². The predicted molar refractivity (Wildman–Crippen MR) is 64.8 cm³/mol. The highest BCUT2D eigenvalue weighted by Gasteiger charge is 1.89. The smallest absolute Gasteiger partial charge is 0.00767 e. The minimum atomic E-state index is 1.11. The van der Waals surface area contributed by atoms with Crippen molar-refractivity contribution >= 4 is 0 Å². The lowest BCUT2D eigenvalue weighted by molar-refractivity contribution is 0.563. The van der Waals surface area contributed by atoms with Gasteiger partial charge in [0.15, 0.2) is 0 Å². The lowest BCUT2D eigenvalue weighted by Gasteiger charge is -2.05. The molecule has 2 N–H and O–H groups in total. The van der Waals surface area contributed by atoms with E-state index in [9.17, 15) is 0 Å². The molecule has 14 heavy (non-hydrogen) atoms. The molecule has 0 aliphatic rings. The van der Waals surface area contributed by atoms with E-state index in [4.69, 9.17) is 0 Å². The van der Waals surface area contributed by atoms with Gasteiger partial charge in [-0.25, -0.2) is 0 Å². The number of hydrogen-bond donors (Lipinski definition) is 2. The molecule has 0 unspecified atom stereocenters. The summed E-state index contributed by atoms with van der Waals surface area (Å²) in [6, 6.07) is 0. The van der Waals surface area contributed by atoms with Crippen LogP contribution in [0.1, 0.15) is 52.4 Å². The van der Waals surface area contributed by atoms with Gasteiger partial charge in [-0.3, -0.25) is 0 Å². The third-order valence-electron chi connectivity index (χ3n) is 2.36. The van der Waals surface area contributed by atoms with Crippen LogP contribution in [0.2, 0.25) is 0 Å². The third kappa shape index (κ3) is 11.9. The number of rotatable bonds is 11. The molecule has 86 valence electrons. The van der Waals surface area contributed by atoms with Crippen LogP contribution in [0, 0.1) is 0 Å². The minimum Gasteiger partial charge on any atom is -0.315 e. The van der Waals surface area contributed by atoms with Crippen molar-refractivity contribution < 1.29 is 0 Å². The summed E-state index contributed by atoms with van der Waals surface area (Å²) in [7, 11) is 0. The molecular formula is C12H28N2. The summed E-state index contributed by atoms with van der Waals surface area (Å²) >= 11 is 0. The lowest BCUT2D eigenvalue weighted by Crippen LogP contribution is -2.28. The van der Waals surface area contributed by atoms with Gasteiger partial charge in [-0.05, 0) is 25.9 Å². The normalized spacial score (nSPS) is 10.7. The van der Waals surface area contributed by atoms with Crippen LogP contribution in [0.15, 0.2) is 0 Å². The molecule has 0 aliphatic carbocycles. The molecule has 0 fully saturated rings. The van der Waals surface area contributed by atoms with Gasteiger partial charge < -0.3 is 10.6 Å². The molecule has 0 heterocycles. The van der Waals surface area contributed by atoms with Crippen molar-refractivity contribution in [3.63, 3.8) is 0 Å². The molecule has 0 aromatic carbocycles. The largest absolute Gasteiger partial charge is 0.315 e. The third-order valence-corrected chi connectivity index (χ3v) is 2.36. The predicted octanol–water partition coefficient (Wildman–Crippen LogP) is 2.55. The van der Waals surface area contributed by atoms with Crippen LogP contribution in [-0.2, 0) is 0 Å². The molecule has 0 bridgehead atoms. The van der Waals surface area contributed by atoms with E-state index < -0.39 is 0 Å². The number of nitrogens with one attached hydrogen (secondary N) is 2. The highest BCUT2D eigenvalue weighted by atomic mass is 14.9. The van der Waals surface area contributed by atoms with Crippen molar-refractivity contribution in [3.8, 4) is 0 Å². The molecular weight excluding hydrogens is 172 g/mol. The van der Waals surface area contributed by atoms with Gasteiger partial charge in [0, 0.05) is 13.1 Å². The molecule has 0 aliphatic heterocycles. The van der Waals surface area contributed by atoms with Crippen molar-refractivity contribution in [1.82, 2.24) is 10.6 Å². The fourth-order valence-electron chi connectivity index (χ4n) is 1.46. The van der Waals surface area contributed by atoms with E-state index in [1.54, 1.807) is 0 Å². The summed E-state index contributed by atoms with van der Waals surface area (Å²) in [5.41, 5.74) is 0. The topological polar surface area (TPSA) is 24.1 Å². The van der Waals surface area contributed by atoms with Gasteiger partial charge in [-0.2, -0.15) is 0 Å². The Kier molecular flexibility index (Phi) is 12.8. The second-order valence-corrected chi connectivity index (χ2v) is 3.91. The van der Waals surface area contributed by atoms with Gasteiger partial charge >= 0.3 is 0 Å². The van der Waals surface area contributed by atoms with E-state index in [0.29, 0.717) is 0 Å². The molecule has 0 saturated carbocycles. The van der Waals surface area contributed by atoms with Crippen molar-refractivity contribution in [1.29, 1.82) is 0 Å². The standard InChI is InChI=1S/C12H28N2/c1-3-5-6-7-8-10-14-12-11-13-9-4-2/h13-14H,3-12H2,1-2H3. The Morgan fingerprint density at radius 2 is 1.21 bits per heavy atom. The van der Waals surface area contributed by atoms with Crippen LogP contribution in [0.25, 0.3) is 0 Å². The van der Waals surface area contributed by atoms with Crippen molar-refractivity contribution in [2.75, 3.05) is 26.2 Å². The van der Waals surface area contributed by atoms with E-state index in [1.807, 2.05) is 0 Å². The van der Waals surface area contributed by atoms with Gasteiger partial charge in [-0.15, -0.1) is 0 Å². The summed E-state index contributed by atoms with van der Waals surface area (Å²) in [6.45, 7) is 9.04. The second-order valence-electron chi connectivity index (χ2n) is 3.91. The van der Waals surface area contributed by atoms with Crippen molar-refractivity contribution in [2.24, 2.45) is 0 Å². The Hall–Kier alpha value is -0.0800. The van der Waals surface area contributed by atoms with Crippen LogP contribution in [0.3, 0.4) is 0 Å². The van der Waals surface area contributed by atoms with Crippen LogP contribution < -0.4 is 10.6 Å². The van der Waals surface area contributed by atoms with Gasteiger partial charge in [-0.1, -0.05) is 39.5 Å². The quantitative estimate of drug-likeness (QED) is 0.501. The van der Waals surface area contributed by atoms with E-state index in [1.165, 1.54) is 45.1 Å². The fourth-order valence-corrected chi connectivity index (χ4v) is 1.46. The SMILES string of the molecule is CCCCCCCNCCNCCC. The van der Waals surface area contributed by atoms with Crippen molar-refractivity contribution in [3.05, 3.63) is 0 Å². The highest BCUT2D eigenvalue weighted by molar-refractivity contribution is 4.52. The highest BCUT2D eigenvalue weighted by Crippen LogP contribution is 2.00. The zero-order chi connectivity index (χ0) is 10.5. The van der Waals surface area contributed by atoms with E-state index >= 15 is 0 Å². The lowest BCUT2D eigenvalue weighted by atomic mass is 10.1. The van der Waals surface area contributed by atoms with Gasteiger partial charge in [0.1, 0.15) is 0 Å². The summed E-state index contributed by atoms with van der Waals surface area (Å²) in [5.74, 6) is 0. The summed E-state index contributed by atoms with van der Waals surface area (Å²) in [6.07, 6.45) is 8.12. The first-order valence-corrected chi connectivity index (χ1v) is 6.33. The fraction of sp³-hybridized carbons (Fsp3) is 1.00. The number of unbranched alkanes of at least 4 members (excludes halogenated alkanes) is 4. The Labute approximate surface area is 89.9 Å². The van der Waals surface area contributed by atoms with E-state index in [2.05, 4.69) is 24.5 Å². The average molecular weight is 200 g/mol. The molecule has 0 aromatic rings. The first-order chi connectivity index (χ1) is 6.91. The monoisotopic (exact) mass is 200 g/mol. The van der Waals surface area contributed by atoms with Gasteiger partial charge in [0.05, 0.1) is 0 Å². The zero-order valence-corrected chi connectivity index (χ0v) is 10.1. The maximum atomic E-state index is 3.46. The molecule has 0 radical (unpaired) electrons. The van der Waals surface area contributed by atoms with Crippen LogP contribution in [0.4, 0.5) is 0 Å². The molecule has 2 nitrogen and oxygen atoms in total. The van der Waals surface area contributed by atoms with E-state index in [-0.39, 0.29) is 0 Å². The molecule has 0 amide bonds. The first-order valence-electron chi connectivity index (χ1n) is 6.33. The Bertz CT molecular complexity index is 82.3. The van der Waals surface area contributed by atoms with Crippen LogP contribution in [-0.4, -0.2) is 26.2 Å². The van der Waals surface area contributed by atoms with Gasteiger partial charge in [0.2, 0.25) is 0 Å². The van der Waals surface area contributed by atoms with Crippen LogP contribution in [0.5, 0.6) is 0 Å². The minimum absolute atomic E-state index is 1.11. The molecule has 0 atom stereocenters. The maximum absolute atomic E-state index is 3.46. The van der Waals surface area contributed by atoms with Crippen LogP contribution >= 0.6 is 0 Å². The molecule has 0 spiro atoms. The number of hydrogen-bond acceptors (Lipinski definition) is 2. The molecule has 0 rings (SSSR count). The second kappa shape index (κ2) is 12.9. The Balaban J connectivity index is 2.78. The summed E-state index contributed by atoms with van der Waals surface area (Å²) in [5, 5.41) is 6.84. The molecule has 0 aromatic heterocycles. The summed E-state index contributed by atoms with van der Waals surface area (Å²) in [4.78, 5) is 0. The average Bonchev–Trinajstić information content (AvgIpc) is 2.21. The van der Waals surface area contributed by atoms with E-state index in [0.717, 1.165) is 19.6 Å². The maximum Gasteiger partial charge on any atom is 0.00767 e. The Morgan fingerprint density at radius 1 is 0.571 bits per heavy atom. The molecule has 0 saturated heterocycles. The summed E-state index contributed by atoms with van der Waals surface area (Å²) < 4.78 is 0. The first kappa shape index (κ1) is 13.9. The Morgan fingerprint density at radius 3 is 1.86 bits per heavy atom.